The number of halogens is 1. The number of carbonyl (C=O) groups excluding carboxylic acids is 1. The molecular weight excluding hydrogens is 304 g/mol. The number of fused-ring (bicyclic) bond motifs is 1. The second kappa shape index (κ2) is 5.29. The van der Waals surface area contributed by atoms with Gasteiger partial charge in [0.1, 0.15) is 0 Å². The molecule has 19 heavy (non-hydrogen) atoms. The zero-order valence-corrected chi connectivity index (χ0v) is 12.1. The van der Waals surface area contributed by atoms with E-state index >= 15 is 0 Å². The molecule has 1 aliphatic heterocycles. The fourth-order valence-electron chi connectivity index (χ4n) is 2.56. The second-order valence-electron chi connectivity index (χ2n) is 4.87. The molecule has 0 aliphatic carbocycles. The lowest BCUT2D eigenvalue weighted by atomic mass is 10.1. The second-order valence-corrected chi connectivity index (χ2v) is 6.16. The molecule has 2 aromatic rings. The van der Waals surface area contributed by atoms with Crippen LogP contribution < -0.4 is 0 Å². The summed E-state index contributed by atoms with van der Waals surface area (Å²) < 4.78 is 0. The summed E-state index contributed by atoms with van der Waals surface area (Å²) in [4.78, 5) is 19.3. The SMILES string of the molecule is O=C(c1ccnc2ccccc12)N1CCCC(Br)C1. The van der Waals surface area contributed by atoms with Gasteiger partial charge >= 0.3 is 0 Å². The highest BCUT2D eigenvalue weighted by Crippen LogP contribution is 2.22. The number of amides is 1. The minimum Gasteiger partial charge on any atom is -0.338 e. The van der Waals surface area contributed by atoms with Gasteiger partial charge < -0.3 is 4.90 Å². The molecule has 1 aliphatic rings. The van der Waals surface area contributed by atoms with Gasteiger partial charge in [0.25, 0.3) is 5.91 Å². The van der Waals surface area contributed by atoms with Crippen LogP contribution in [0.5, 0.6) is 0 Å². The van der Waals surface area contributed by atoms with Crippen LogP contribution >= 0.6 is 15.9 Å². The van der Waals surface area contributed by atoms with E-state index in [0.717, 1.165) is 42.4 Å². The number of hydrogen-bond acceptors (Lipinski definition) is 2. The average Bonchev–Trinajstić information content (AvgIpc) is 2.46. The maximum absolute atomic E-state index is 12.6. The number of para-hydroxylation sites is 1. The van der Waals surface area contributed by atoms with Crippen molar-refractivity contribution in [3.63, 3.8) is 0 Å². The summed E-state index contributed by atoms with van der Waals surface area (Å²) in [6, 6.07) is 9.62. The Balaban J connectivity index is 1.97. The molecule has 1 aromatic carbocycles. The smallest absolute Gasteiger partial charge is 0.254 e. The number of likely N-dealkylation sites (tertiary alicyclic amines) is 1. The number of pyridine rings is 1. The summed E-state index contributed by atoms with van der Waals surface area (Å²) in [5.41, 5.74) is 1.63. The highest BCUT2D eigenvalue weighted by Gasteiger charge is 2.23. The Morgan fingerprint density at radius 1 is 1.32 bits per heavy atom. The Hall–Kier alpha value is -1.42. The Bertz CT molecular complexity index is 609. The zero-order chi connectivity index (χ0) is 13.2. The first-order valence-electron chi connectivity index (χ1n) is 6.53. The number of hydrogen-bond donors (Lipinski definition) is 0. The quantitative estimate of drug-likeness (QED) is 0.756. The third-order valence-corrected chi connectivity index (χ3v) is 4.28. The Morgan fingerprint density at radius 2 is 2.16 bits per heavy atom. The molecule has 0 radical (unpaired) electrons. The molecule has 1 unspecified atom stereocenters. The molecule has 4 heteroatoms. The lowest BCUT2D eigenvalue weighted by molar-refractivity contribution is 0.0732. The predicted octanol–water partition coefficient (Wildman–Crippen LogP) is 3.23. The lowest BCUT2D eigenvalue weighted by Gasteiger charge is -2.30. The monoisotopic (exact) mass is 318 g/mol. The molecule has 2 heterocycles. The topological polar surface area (TPSA) is 33.2 Å². The van der Waals surface area contributed by atoms with E-state index < -0.39 is 0 Å². The maximum Gasteiger partial charge on any atom is 0.254 e. The fourth-order valence-corrected chi connectivity index (χ4v) is 3.24. The highest BCUT2D eigenvalue weighted by molar-refractivity contribution is 9.09. The van der Waals surface area contributed by atoms with Crippen molar-refractivity contribution in [1.82, 2.24) is 9.88 Å². The van der Waals surface area contributed by atoms with Crippen LogP contribution in [0.2, 0.25) is 0 Å². The number of alkyl halides is 1. The van der Waals surface area contributed by atoms with E-state index in [2.05, 4.69) is 20.9 Å². The minimum absolute atomic E-state index is 0.114. The zero-order valence-electron chi connectivity index (χ0n) is 10.6. The molecule has 3 nitrogen and oxygen atoms in total. The van der Waals surface area contributed by atoms with E-state index in [1.54, 1.807) is 6.20 Å². The van der Waals surface area contributed by atoms with E-state index in [-0.39, 0.29) is 5.91 Å². The number of rotatable bonds is 1. The molecule has 98 valence electrons. The van der Waals surface area contributed by atoms with Gasteiger partial charge in [-0.2, -0.15) is 0 Å². The normalized spacial score (nSPS) is 19.6. The molecule has 1 amide bonds. The number of benzene rings is 1. The molecule has 3 rings (SSSR count). The number of aromatic nitrogens is 1. The van der Waals surface area contributed by atoms with Crippen LogP contribution in [0.25, 0.3) is 10.9 Å². The number of piperidine rings is 1. The van der Waals surface area contributed by atoms with Crippen LogP contribution in [0.1, 0.15) is 23.2 Å². The van der Waals surface area contributed by atoms with E-state index in [4.69, 9.17) is 0 Å². The van der Waals surface area contributed by atoms with Gasteiger partial charge in [-0.1, -0.05) is 34.1 Å². The summed E-state index contributed by atoms with van der Waals surface area (Å²) in [6.07, 6.45) is 3.91. The van der Waals surface area contributed by atoms with E-state index in [0.29, 0.717) is 4.83 Å². The van der Waals surface area contributed by atoms with Gasteiger partial charge in [0, 0.05) is 29.5 Å². The number of nitrogens with zero attached hydrogens (tertiary/aromatic N) is 2. The van der Waals surface area contributed by atoms with E-state index in [1.807, 2.05) is 35.2 Å². The van der Waals surface area contributed by atoms with Gasteiger partial charge in [-0.3, -0.25) is 9.78 Å². The molecule has 0 bridgehead atoms. The standard InChI is InChI=1S/C15H15BrN2O/c16-11-4-3-9-18(10-11)15(19)13-7-8-17-14-6-2-1-5-12(13)14/h1-2,5-8,11H,3-4,9-10H2. The summed E-state index contributed by atoms with van der Waals surface area (Å²) in [6.45, 7) is 1.63. The van der Waals surface area contributed by atoms with Crippen LogP contribution in [0.15, 0.2) is 36.5 Å². The lowest BCUT2D eigenvalue weighted by Crippen LogP contribution is -2.40. The van der Waals surface area contributed by atoms with Crippen LogP contribution in [0.3, 0.4) is 0 Å². The molecule has 1 aromatic heterocycles. The molecule has 0 N–H and O–H groups in total. The predicted molar refractivity (Wildman–Crippen MR) is 79.6 cm³/mol. The Kier molecular flexibility index (Phi) is 3.51. The summed E-state index contributed by atoms with van der Waals surface area (Å²) in [5, 5.41) is 0.937. The van der Waals surface area contributed by atoms with Gasteiger partial charge in [0.05, 0.1) is 11.1 Å². The molecule has 1 saturated heterocycles. The minimum atomic E-state index is 0.114. The molecule has 0 spiro atoms. The molecule has 1 atom stereocenters. The van der Waals surface area contributed by atoms with Gasteiger partial charge in [-0.25, -0.2) is 0 Å². The van der Waals surface area contributed by atoms with Crippen LogP contribution in [-0.2, 0) is 0 Å². The van der Waals surface area contributed by atoms with Crippen molar-refractivity contribution >= 4 is 32.7 Å². The van der Waals surface area contributed by atoms with E-state index in [1.165, 1.54) is 0 Å². The van der Waals surface area contributed by atoms with Crippen molar-refractivity contribution in [3.05, 3.63) is 42.1 Å². The third kappa shape index (κ3) is 2.50. The van der Waals surface area contributed by atoms with Crippen molar-refractivity contribution in [3.8, 4) is 0 Å². The van der Waals surface area contributed by atoms with Gasteiger partial charge in [0.2, 0.25) is 0 Å². The van der Waals surface area contributed by atoms with Crippen molar-refractivity contribution in [2.24, 2.45) is 0 Å². The van der Waals surface area contributed by atoms with Crippen LogP contribution in [0, 0.1) is 0 Å². The van der Waals surface area contributed by atoms with E-state index in [9.17, 15) is 4.79 Å². The van der Waals surface area contributed by atoms with Crippen LogP contribution in [0.4, 0.5) is 0 Å². The highest BCUT2D eigenvalue weighted by atomic mass is 79.9. The van der Waals surface area contributed by atoms with Crippen LogP contribution in [-0.4, -0.2) is 33.7 Å². The van der Waals surface area contributed by atoms with Crippen molar-refractivity contribution < 1.29 is 4.79 Å². The average molecular weight is 319 g/mol. The Labute approximate surface area is 120 Å². The number of carbonyl (C=O) groups is 1. The van der Waals surface area contributed by atoms with Gasteiger partial charge in [0.15, 0.2) is 0 Å². The van der Waals surface area contributed by atoms with Gasteiger partial charge in [-0.05, 0) is 25.0 Å². The Morgan fingerprint density at radius 3 is 3.00 bits per heavy atom. The van der Waals surface area contributed by atoms with Crippen molar-refractivity contribution in [2.45, 2.75) is 17.7 Å². The van der Waals surface area contributed by atoms with Crippen molar-refractivity contribution in [2.75, 3.05) is 13.1 Å². The largest absolute Gasteiger partial charge is 0.338 e. The molecule has 1 fully saturated rings. The summed E-state index contributed by atoms with van der Waals surface area (Å²) >= 11 is 3.61. The first-order valence-corrected chi connectivity index (χ1v) is 7.44. The first kappa shape index (κ1) is 12.6. The molecular formula is C15H15BrN2O. The first-order chi connectivity index (χ1) is 9.25. The molecule has 0 saturated carbocycles. The summed E-state index contributed by atoms with van der Waals surface area (Å²) in [5.74, 6) is 0.114. The van der Waals surface area contributed by atoms with Gasteiger partial charge in [-0.15, -0.1) is 0 Å². The fraction of sp³-hybridized carbons (Fsp3) is 0.333. The summed E-state index contributed by atoms with van der Waals surface area (Å²) in [7, 11) is 0. The maximum atomic E-state index is 12.6. The third-order valence-electron chi connectivity index (χ3n) is 3.53. The van der Waals surface area contributed by atoms with Crippen molar-refractivity contribution in [1.29, 1.82) is 0 Å².